The molecule has 8 heteroatoms. The molecule has 1 aromatic carbocycles. The van der Waals surface area contributed by atoms with Crippen molar-refractivity contribution in [1.82, 2.24) is 10.2 Å². The van der Waals surface area contributed by atoms with E-state index in [1.54, 1.807) is 17.0 Å². The highest BCUT2D eigenvalue weighted by atomic mass is 35.5. The molecule has 3 nitrogen and oxygen atoms in total. The van der Waals surface area contributed by atoms with Crippen molar-refractivity contribution in [3.63, 3.8) is 0 Å². The van der Waals surface area contributed by atoms with E-state index < -0.39 is 18.6 Å². The number of hydrogen-bond donors (Lipinski definition) is 2. The Hall–Kier alpha value is -0.690. The largest absolute Gasteiger partial charge is 0.508 e. The average molecular weight is 361 g/mol. The molecule has 0 spiro atoms. The first-order valence-electron chi connectivity index (χ1n) is 6.68. The molecule has 0 amide bonds. The van der Waals surface area contributed by atoms with E-state index in [2.05, 4.69) is 5.32 Å². The fraction of sp³-hybridized carbons (Fsp3) is 0.571. The average Bonchev–Trinajstić information content (AvgIpc) is 2.39. The van der Waals surface area contributed by atoms with Crippen LogP contribution in [0.4, 0.5) is 13.2 Å². The molecule has 2 N–H and O–H groups in total. The fourth-order valence-corrected chi connectivity index (χ4v) is 2.59. The van der Waals surface area contributed by atoms with E-state index in [4.69, 9.17) is 0 Å². The summed E-state index contributed by atoms with van der Waals surface area (Å²) in [7, 11) is 0. The van der Waals surface area contributed by atoms with Crippen LogP contribution in [0.1, 0.15) is 23.6 Å². The van der Waals surface area contributed by atoms with Gasteiger partial charge in [-0.15, -0.1) is 24.8 Å². The molecule has 1 aromatic rings. The van der Waals surface area contributed by atoms with Gasteiger partial charge in [0.15, 0.2) is 0 Å². The van der Waals surface area contributed by atoms with E-state index in [1.165, 1.54) is 6.07 Å². The van der Waals surface area contributed by atoms with Gasteiger partial charge in [0, 0.05) is 37.8 Å². The fourth-order valence-electron chi connectivity index (χ4n) is 2.59. The number of rotatable bonds is 3. The number of piperazine rings is 1. The summed E-state index contributed by atoms with van der Waals surface area (Å²) in [6.07, 6.45) is -5.20. The van der Waals surface area contributed by atoms with E-state index in [-0.39, 0.29) is 30.6 Å². The molecule has 1 aliphatic rings. The Morgan fingerprint density at radius 1 is 1.23 bits per heavy atom. The number of alkyl halides is 3. The lowest BCUT2D eigenvalue weighted by molar-refractivity contribution is -0.148. The molecule has 0 unspecified atom stereocenters. The van der Waals surface area contributed by atoms with Crippen LogP contribution in [0, 0.1) is 6.92 Å². The Morgan fingerprint density at radius 3 is 2.36 bits per heavy atom. The minimum absolute atomic E-state index is 0. The van der Waals surface area contributed by atoms with Crippen LogP contribution in [0.15, 0.2) is 18.2 Å². The highest BCUT2D eigenvalue weighted by Crippen LogP contribution is 2.37. The van der Waals surface area contributed by atoms with Gasteiger partial charge in [-0.25, -0.2) is 0 Å². The van der Waals surface area contributed by atoms with Crippen LogP contribution in [-0.2, 0) is 0 Å². The molecule has 1 saturated heterocycles. The highest BCUT2D eigenvalue weighted by Gasteiger charge is 2.37. The Labute approximate surface area is 140 Å². The lowest BCUT2D eigenvalue weighted by atomic mass is 9.98. The van der Waals surface area contributed by atoms with Crippen molar-refractivity contribution in [2.75, 3.05) is 26.2 Å². The summed E-state index contributed by atoms with van der Waals surface area (Å²) in [6, 6.07) is 3.99. The standard InChI is InChI=1S/C14H19F3N2O.2ClH/c1-10-2-3-13(20)11(8-10)12(9-14(15,16)17)19-6-4-18-5-7-19;;/h2-3,8,12,18,20H,4-7,9H2,1H3;2*1H/t12-;;/m1../s1. The molecule has 0 saturated carbocycles. The van der Waals surface area contributed by atoms with Crippen LogP contribution >= 0.6 is 24.8 Å². The molecule has 0 radical (unpaired) electrons. The molecule has 1 atom stereocenters. The third kappa shape index (κ3) is 5.83. The number of phenolic OH excluding ortho intramolecular Hbond substituents is 1. The predicted molar refractivity (Wildman–Crippen MR) is 85.2 cm³/mol. The van der Waals surface area contributed by atoms with Gasteiger partial charge in [0.2, 0.25) is 0 Å². The van der Waals surface area contributed by atoms with E-state index in [1.807, 2.05) is 6.92 Å². The predicted octanol–water partition coefficient (Wildman–Crippen LogP) is 3.44. The molecule has 22 heavy (non-hydrogen) atoms. The first-order chi connectivity index (χ1) is 9.37. The Bertz CT molecular complexity index is 466. The number of aryl methyl sites for hydroxylation is 1. The van der Waals surface area contributed by atoms with Gasteiger partial charge in [0.05, 0.1) is 6.42 Å². The zero-order valence-electron chi connectivity index (χ0n) is 12.2. The second-order valence-electron chi connectivity index (χ2n) is 5.18. The van der Waals surface area contributed by atoms with Crippen LogP contribution in [0.5, 0.6) is 5.75 Å². The minimum Gasteiger partial charge on any atom is -0.508 e. The van der Waals surface area contributed by atoms with E-state index >= 15 is 0 Å². The van der Waals surface area contributed by atoms with Crippen molar-refractivity contribution in [2.24, 2.45) is 0 Å². The van der Waals surface area contributed by atoms with Crippen molar-refractivity contribution < 1.29 is 18.3 Å². The normalized spacial score (nSPS) is 17.3. The van der Waals surface area contributed by atoms with Gasteiger partial charge in [-0.2, -0.15) is 13.2 Å². The quantitative estimate of drug-likeness (QED) is 0.866. The van der Waals surface area contributed by atoms with E-state index in [0.717, 1.165) is 5.56 Å². The number of halogens is 5. The molecule has 128 valence electrons. The van der Waals surface area contributed by atoms with Gasteiger partial charge < -0.3 is 10.4 Å². The molecular weight excluding hydrogens is 340 g/mol. The van der Waals surface area contributed by atoms with Gasteiger partial charge in [-0.3, -0.25) is 4.90 Å². The maximum atomic E-state index is 12.9. The smallest absolute Gasteiger partial charge is 0.390 e. The van der Waals surface area contributed by atoms with Crippen LogP contribution in [-0.4, -0.2) is 42.4 Å². The maximum absolute atomic E-state index is 12.9. The number of aromatic hydroxyl groups is 1. The minimum atomic E-state index is -4.26. The molecule has 1 heterocycles. The molecule has 0 aliphatic carbocycles. The van der Waals surface area contributed by atoms with Crippen molar-refractivity contribution in [2.45, 2.75) is 25.6 Å². The van der Waals surface area contributed by atoms with E-state index in [0.29, 0.717) is 31.7 Å². The second-order valence-corrected chi connectivity index (χ2v) is 5.18. The molecular formula is C14H21Cl2F3N2O. The molecule has 1 fully saturated rings. The van der Waals surface area contributed by atoms with Gasteiger partial charge in [-0.05, 0) is 13.0 Å². The van der Waals surface area contributed by atoms with Gasteiger partial charge in [0.25, 0.3) is 0 Å². The molecule has 2 rings (SSSR count). The molecule has 0 bridgehead atoms. The zero-order valence-corrected chi connectivity index (χ0v) is 13.8. The van der Waals surface area contributed by atoms with Crippen molar-refractivity contribution in [1.29, 1.82) is 0 Å². The SMILES string of the molecule is Cc1ccc(O)c([C@@H](CC(F)(F)F)N2CCNCC2)c1.Cl.Cl. The van der Waals surface area contributed by atoms with Crippen molar-refractivity contribution >= 4 is 24.8 Å². The lowest BCUT2D eigenvalue weighted by Crippen LogP contribution is -2.46. The monoisotopic (exact) mass is 360 g/mol. The first-order valence-corrected chi connectivity index (χ1v) is 6.68. The number of nitrogens with one attached hydrogen (secondary N) is 1. The summed E-state index contributed by atoms with van der Waals surface area (Å²) in [5, 5.41) is 13.0. The van der Waals surface area contributed by atoms with Gasteiger partial charge in [0.1, 0.15) is 5.75 Å². The van der Waals surface area contributed by atoms with E-state index in [9.17, 15) is 18.3 Å². The maximum Gasteiger partial charge on any atom is 0.390 e. The topological polar surface area (TPSA) is 35.5 Å². The van der Waals surface area contributed by atoms with Crippen molar-refractivity contribution in [3.8, 4) is 5.75 Å². The molecule has 0 aromatic heterocycles. The summed E-state index contributed by atoms with van der Waals surface area (Å²) < 4.78 is 38.6. The summed E-state index contributed by atoms with van der Waals surface area (Å²) >= 11 is 0. The van der Waals surface area contributed by atoms with Crippen LogP contribution in [0.2, 0.25) is 0 Å². The number of phenols is 1. The Morgan fingerprint density at radius 2 is 1.82 bits per heavy atom. The Balaban J connectivity index is 0.00000220. The van der Waals surface area contributed by atoms with Crippen LogP contribution < -0.4 is 5.32 Å². The van der Waals surface area contributed by atoms with Gasteiger partial charge in [-0.1, -0.05) is 17.7 Å². The van der Waals surface area contributed by atoms with Crippen molar-refractivity contribution in [3.05, 3.63) is 29.3 Å². The zero-order chi connectivity index (χ0) is 14.8. The number of hydrogen-bond acceptors (Lipinski definition) is 3. The van der Waals surface area contributed by atoms with Crippen LogP contribution in [0.25, 0.3) is 0 Å². The second kappa shape index (κ2) is 8.82. The first kappa shape index (κ1) is 21.3. The third-order valence-electron chi connectivity index (χ3n) is 3.56. The lowest BCUT2D eigenvalue weighted by Gasteiger charge is -2.36. The molecule has 1 aliphatic heterocycles. The number of benzene rings is 1. The highest BCUT2D eigenvalue weighted by molar-refractivity contribution is 5.85. The summed E-state index contributed by atoms with van der Waals surface area (Å²) in [6.45, 7) is 4.25. The summed E-state index contributed by atoms with van der Waals surface area (Å²) in [5.41, 5.74) is 1.21. The number of nitrogens with zero attached hydrogens (tertiary/aromatic N) is 1. The Kier molecular flexibility index (Phi) is 8.54. The van der Waals surface area contributed by atoms with Gasteiger partial charge >= 0.3 is 6.18 Å². The summed E-state index contributed by atoms with van der Waals surface area (Å²) in [4.78, 5) is 1.79. The summed E-state index contributed by atoms with van der Waals surface area (Å²) in [5.74, 6) is -0.0663. The van der Waals surface area contributed by atoms with Crippen LogP contribution in [0.3, 0.4) is 0 Å². The third-order valence-corrected chi connectivity index (χ3v) is 3.56.